The van der Waals surface area contributed by atoms with E-state index in [1.165, 1.54) is 7.11 Å². The summed E-state index contributed by atoms with van der Waals surface area (Å²) in [5, 5.41) is 1.12. The SMILES string of the molecule is COC(=O)c1ccccc1C(=O)N(Cc1cccc2[nH]ccc12)C1CC1. The van der Waals surface area contributed by atoms with Gasteiger partial charge in [-0.25, -0.2) is 4.79 Å². The van der Waals surface area contributed by atoms with Crippen LogP contribution in [0.15, 0.2) is 54.7 Å². The molecular weight excluding hydrogens is 328 g/mol. The lowest BCUT2D eigenvalue weighted by molar-refractivity contribution is 0.0588. The number of methoxy groups -OCH3 is 1. The van der Waals surface area contributed by atoms with Crippen molar-refractivity contribution in [2.75, 3.05) is 7.11 Å². The van der Waals surface area contributed by atoms with Crippen molar-refractivity contribution in [1.29, 1.82) is 0 Å². The molecule has 2 aromatic carbocycles. The number of esters is 1. The van der Waals surface area contributed by atoms with Crippen LogP contribution in [0.1, 0.15) is 39.1 Å². The summed E-state index contributed by atoms with van der Waals surface area (Å²) < 4.78 is 4.83. The van der Waals surface area contributed by atoms with Gasteiger partial charge in [0.15, 0.2) is 0 Å². The minimum atomic E-state index is -0.488. The third kappa shape index (κ3) is 2.96. The molecule has 26 heavy (non-hydrogen) atoms. The molecule has 1 fully saturated rings. The van der Waals surface area contributed by atoms with Crippen LogP contribution in [0.5, 0.6) is 0 Å². The van der Waals surface area contributed by atoms with Crippen molar-refractivity contribution >= 4 is 22.8 Å². The number of amides is 1. The summed E-state index contributed by atoms with van der Waals surface area (Å²) in [6.45, 7) is 0.522. The number of nitrogens with one attached hydrogen (secondary N) is 1. The number of ether oxygens (including phenoxy) is 1. The normalized spacial score (nSPS) is 13.6. The first kappa shape index (κ1) is 16.4. The number of carbonyl (C=O) groups is 2. The van der Waals surface area contributed by atoms with E-state index in [0.717, 1.165) is 29.3 Å². The number of rotatable bonds is 5. The Morgan fingerprint density at radius 3 is 2.58 bits per heavy atom. The predicted octanol–water partition coefficient (Wildman–Crippen LogP) is 3.76. The Kier molecular flexibility index (Phi) is 4.21. The van der Waals surface area contributed by atoms with Gasteiger partial charge in [-0.3, -0.25) is 4.79 Å². The van der Waals surface area contributed by atoms with E-state index in [9.17, 15) is 9.59 Å². The predicted molar refractivity (Wildman–Crippen MR) is 99.0 cm³/mol. The van der Waals surface area contributed by atoms with Crippen molar-refractivity contribution in [2.45, 2.75) is 25.4 Å². The summed E-state index contributed by atoms with van der Waals surface area (Å²) in [4.78, 5) is 30.4. The molecule has 1 saturated carbocycles. The molecule has 1 aliphatic rings. The molecule has 1 heterocycles. The monoisotopic (exact) mass is 348 g/mol. The van der Waals surface area contributed by atoms with Crippen molar-refractivity contribution in [2.24, 2.45) is 0 Å². The van der Waals surface area contributed by atoms with Gasteiger partial charge in [-0.1, -0.05) is 24.3 Å². The zero-order valence-electron chi connectivity index (χ0n) is 14.6. The Bertz CT molecular complexity index is 972. The molecule has 0 bridgehead atoms. The quantitative estimate of drug-likeness (QED) is 0.714. The topological polar surface area (TPSA) is 62.4 Å². The Labute approximate surface area is 151 Å². The Morgan fingerprint density at radius 1 is 1.08 bits per heavy atom. The van der Waals surface area contributed by atoms with Gasteiger partial charge in [-0.15, -0.1) is 0 Å². The molecule has 0 radical (unpaired) electrons. The second-order valence-corrected chi connectivity index (χ2v) is 6.56. The van der Waals surface area contributed by atoms with Crippen LogP contribution in [0, 0.1) is 0 Å². The Hall–Kier alpha value is -3.08. The summed E-state index contributed by atoms with van der Waals surface area (Å²) >= 11 is 0. The van der Waals surface area contributed by atoms with E-state index < -0.39 is 5.97 Å². The van der Waals surface area contributed by atoms with Gasteiger partial charge in [0.2, 0.25) is 0 Å². The summed E-state index contributed by atoms with van der Waals surface area (Å²) in [5.41, 5.74) is 2.86. The number of carbonyl (C=O) groups excluding carboxylic acids is 2. The molecular formula is C21H20N2O3. The average Bonchev–Trinajstić information content (AvgIpc) is 3.40. The lowest BCUT2D eigenvalue weighted by atomic mass is 10.0. The molecule has 0 saturated heterocycles. The van der Waals surface area contributed by atoms with E-state index in [0.29, 0.717) is 17.7 Å². The van der Waals surface area contributed by atoms with E-state index >= 15 is 0 Å². The number of nitrogens with zero attached hydrogens (tertiary/aromatic N) is 1. The van der Waals surface area contributed by atoms with Gasteiger partial charge in [0.05, 0.1) is 18.2 Å². The molecule has 0 unspecified atom stereocenters. The van der Waals surface area contributed by atoms with Crippen molar-refractivity contribution in [1.82, 2.24) is 9.88 Å². The van der Waals surface area contributed by atoms with E-state index in [4.69, 9.17) is 4.74 Å². The molecule has 0 aliphatic heterocycles. The summed E-state index contributed by atoms with van der Waals surface area (Å²) in [6, 6.07) is 15.2. The fraction of sp³-hybridized carbons (Fsp3) is 0.238. The van der Waals surface area contributed by atoms with E-state index in [2.05, 4.69) is 4.98 Å². The molecule has 3 aromatic rings. The van der Waals surface area contributed by atoms with Gasteiger partial charge in [0, 0.05) is 29.7 Å². The first-order chi connectivity index (χ1) is 12.7. The molecule has 1 N–H and O–H groups in total. The summed E-state index contributed by atoms with van der Waals surface area (Å²) in [6.07, 6.45) is 3.90. The fourth-order valence-corrected chi connectivity index (χ4v) is 3.34. The van der Waals surface area contributed by atoms with Gasteiger partial charge in [-0.05, 0) is 42.7 Å². The zero-order valence-corrected chi connectivity index (χ0v) is 14.6. The highest BCUT2D eigenvalue weighted by Crippen LogP contribution is 2.32. The molecule has 5 nitrogen and oxygen atoms in total. The first-order valence-corrected chi connectivity index (χ1v) is 8.72. The number of hydrogen-bond acceptors (Lipinski definition) is 3. The summed E-state index contributed by atoms with van der Waals surface area (Å²) in [5.74, 6) is -0.613. The van der Waals surface area contributed by atoms with Gasteiger partial charge in [0.25, 0.3) is 5.91 Å². The van der Waals surface area contributed by atoms with Gasteiger partial charge in [-0.2, -0.15) is 0 Å². The Balaban J connectivity index is 1.69. The molecule has 0 atom stereocenters. The van der Waals surface area contributed by atoms with Gasteiger partial charge in [0.1, 0.15) is 0 Å². The average molecular weight is 348 g/mol. The second kappa shape index (κ2) is 6.67. The number of aromatic nitrogens is 1. The molecule has 4 rings (SSSR count). The first-order valence-electron chi connectivity index (χ1n) is 8.72. The Morgan fingerprint density at radius 2 is 1.85 bits per heavy atom. The smallest absolute Gasteiger partial charge is 0.338 e. The van der Waals surface area contributed by atoms with Crippen molar-refractivity contribution in [3.63, 3.8) is 0 Å². The van der Waals surface area contributed by atoms with Crippen LogP contribution in [-0.2, 0) is 11.3 Å². The van der Waals surface area contributed by atoms with Crippen LogP contribution < -0.4 is 0 Å². The fourth-order valence-electron chi connectivity index (χ4n) is 3.34. The highest BCUT2D eigenvalue weighted by Gasteiger charge is 2.34. The second-order valence-electron chi connectivity index (χ2n) is 6.56. The molecule has 132 valence electrons. The van der Waals surface area contributed by atoms with Crippen molar-refractivity contribution in [3.8, 4) is 0 Å². The largest absolute Gasteiger partial charge is 0.465 e. The minimum absolute atomic E-state index is 0.124. The third-order valence-electron chi connectivity index (χ3n) is 4.84. The molecule has 0 spiro atoms. The van der Waals surface area contributed by atoms with Crippen molar-refractivity contribution in [3.05, 3.63) is 71.4 Å². The maximum atomic E-state index is 13.3. The number of fused-ring (bicyclic) bond motifs is 1. The number of H-pyrrole nitrogens is 1. The van der Waals surface area contributed by atoms with Crippen molar-refractivity contribution < 1.29 is 14.3 Å². The highest BCUT2D eigenvalue weighted by atomic mass is 16.5. The minimum Gasteiger partial charge on any atom is -0.465 e. The molecule has 5 heteroatoms. The van der Waals surface area contributed by atoms with E-state index in [1.807, 2.05) is 35.4 Å². The molecule has 1 amide bonds. The van der Waals surface area contributed by atoms with E-state index in [-0.39, 0.29) is 11.9 Å². The number of aromatic amines is 1. The van der Waals surface area contributed by atoms with Crippen LogP contribution in [0.4, 0.5) is 0 Å². The molecule has 1 aromatic heterocycles. The zero-order chi connectivity index (χ0) is 18.1. The maximum Gasteiger partial charge on any atom is 0.338 e. The van der Waals surface area contributed by atoms with Crippen LogP contribution >= 0.6 is 0 Å². The third-order valence-corrected chi connectivity index (χ3v) is 4.84. The van der Waals surface area contributed by atoms with Crippen LogP contribution in [-0.4, -0.2) is 34.9 Å². The standard InChI is InChI=1S/C21H20N2O3/c1-26-21(25)18-7-3-2-6-17(18)20(24)23(15-9-10-15)13-14-5-4-8-19-16(14)11-12-22-19/h2-8,11-12,15,22H,9-10,13H2,1H3. The van der Waals surface area contributed by atoms with Gasteiger partial charge >= 0.3 is 5.97 Å². The highest BCUT2D eigenvalue weighted by molar-refractivity contribution is 6.05. The van der Waals surface area contributed by atoms with Crippen LogP contribution in [0.25, 0.3) is 10.9 Å². The van der Waals surface area contributed by atoms with E-state index in [1.54, 1.807) is 24.3 Å². The number of hydrogen-bond donors (Lipinski definition) is 1. The van der Waals surface area contributed by atoms with Crippen LogP contribution in [0.2, 0.25) is 0 Å². The molecule has 1 aliphatic carbocycles. The summed E-state index contributed by atoms with van der Waals surface area (Å²) in [7, 11) is 1.33. The lowest BCUT2D eigenvalue weighted by Gasteiger charge is -2.24. The van der Waals surface area contributed by atoms with Gasteiger partial charge < -0.3 is 14.6 Å². The number of benzene rings is 2. The van der Waals surface area contributed by atoms with Crippen LogP contribution in [0.3, 0.4) is 0 Å². The lowest BCUT2D eigenvalue weighted by Crippen LogP contribution is -2.33. The maximum absolute atomic E-state index is 13.3.